The largest absolute Gasteiger partial charge is 0.497 e. The van der Waals surface area contributed by atoms with E-state index in [1.54, 1.807) is 32.4 Å². The average Bonchev–Trinajstić information content (AvgIpc) is 2.54. The highest BCUT2D eigenvalue weighted by atomic mass is 35.5. The molecule has 2 fully saturated rings. The Morgan fingerprint density at radius 1 is 1.38 bits per heavy atom. The average molecular weight is 353 g/mol. The molecule has 1 aromatic carbocycles. The fourth-order valence-electron chi connectivity index (χ4n) is 3.93. The zero-order valence-corrected chi connectivity index (χ0v) is 15.3. The summed E-state index contributed by atoms with van der Waals surface area (Å²) in [6.45, 7) is 3.34. The van der Waals surface area contributed by atoms with Gasteiger partial charge in [-0.05, 0) is 50.6 Å². The number of amides is 1. The van der Waals surface area contributed by atoms with Crippen LogP contribution in [0.2, 0.25) is 5.02 Å². The number of hydrogen-bond donors (Lipinski definition) is 0. The third kappa shape index (κ3) is 3.13. The number of halogens is 1. The lowest BCUT2D eigenvalue weighted by atomic mass is 9.75. The molecule has 6 heteroatoms. The normalized spacial score (nSPS) is 23.2. The first-order chi connectivity index (χ1) is 11.5. The minimum Gasteiger partial charge on any atom is -0.497 e. The van der Waals surface area contributed by atoms with Crippen molar-refractivity contribution in [3.8, 4) is 5.75 Å². The van der Waals surface area contributed by atoms with Crippen LogP contribution in [0.4, 0.5) is 0 Å². The maximum Gasteiger partial charge on any atom is 0.255 e. The number of piperidine rings is 1. The maximum atomic E-state index is 12.8. The molecule has 1 atom stereocenters. The third-order valence-corrected chi connectivity index (χ3v) is 5.74. The van der Waals surface area contributed by atoms with Gasteiger partial charge in [-0.3, -0.25) is 9.69 Å². The van der Waals surface area contributed by atoms with Crippen molar-refractivity contribution in [2.75, 3.05) is 47.5 Å². The van der Waals surface area contributed by atoms with Crippen LogP contribution in [-0.2, 0) is 4.74 Å². The fraction of sp³-hybridized carbons (Fsp3) is 0.611. The molecule has 0 radical (unpaired) electrons. The van der Waals surface area contributed by atoms with Crippen LogP contribution in [0.15, 0.2) is 18.2 Å². The molecule has 1 amide bonds. The summed E-state index contributed by atoms with van der Waals surface area (Å²) in [6.07, 6.45) is 2.23. The molecule has 24 heavy (non-hydrogen) atoms. The summed E-state index contributed by atoms with van der Waals surface area (Å²) < 4.78 is 10.5. The summed E-state index contributed by atoms with van der Waals surface area (Å²) in [5, 5.41) is 0.469. The van der Waals surface area contributed by atoms with Gasteiger partial charge in [0.1, 0.15) is 5.75 Å². The van der Waals surface area contributed by atoms with Crippen molar-refractivity contribution in [1.82, 2.24) is 9.80 Å². The van der Waals surface area contributed by atoms with Crippen LogP contribution in [0.3, 0.4) is 0 Å². The summed E-state index contributed by atoms with van der Waals surface area (Å²) in [4.78, 5) is 17.1. The summed E-state index contributed by atoms with van der Waals surface area (Å²) in [7, 11) is 5.50. The van der Waals surface area contributed by atoms with Gasteiger partial charge >= 0.3 is 0 Å². The number of carbonyl (C=O) groups is 1. The highest BCUT2D eigenvalue weighted by Gasteiger charge is 2.51. The van der Waals surface area contributed by atoms with Gasteiger partial charge in [0.25, 0.3) is 5.91 Å². The molecule has 0 unspecified atom stereocenters. The van der Waals surface area contributed by atoms with Crippen LogP contribution in [0.1, 0.15) is 23.2 Å². The van der Waals surface area contributed by atoms with Gasteiger partial charge in [0.05, 0.1) is 23.2 Å². The number of nitrogens with zero attached hydrogens (tertiary/aromatic N) is 2. The van der Waals surface area contributed by atoms with Crippen LogP contribution in [0.5, 0.6) is 5.75 Å². The summed E-state index contributed by atoms with van der Waals surface area (Å²) in [5.41, 5.74) is 0.598. The van der Waals surface area contributed by atoms with Crippen molar-refractivity contribution in [3.63, 3.8) is 0 Å². The monoisotopic (exact) mass is 352 g/mol. The molecule has 2 saturated heterocycles. The van der Waals surface area contributed by atoms with Crippen molar-refractivity contribution in [3.05, 3.63) is 28.8 Å². The van der Waals surface area contributed by atoms with E-state index in [1.807, 2.05) is 4.90 Å². The minimum atomic E-state index is -0.0215. The molecule has 3 rings (SSSR count). The van der Waals surface area contributed by atoms with E-state index in [0.717, 1.165) is 39.1 Å². The molecule has 0 N–H and O–H groups in total. The Balaban J connectivity index is 1.70. The molecular formula is C18H25ClN2O3. The standard InChI is InChI=1S/C18H25ClN2O3/c1-20-7-6-13(10-23-2)9-18(20)11-21(12-18)17(22)15-8-14(24-3)4-5-16(15)19/h4-5,8,13H,6-7,9-12H2,1-3H3/t13-/m1/s1. The van der Waals surface area contributed by atoms with Crippen molar-refractivity contribution in [2.24, 2.45) is 5.92 Å². The Morgan fingerprint density at radius 3 is 2.79 bits per heavy atom. The van der Waals surface area contributed by atoms with Gasteiger partial charge in [-0.2, -0.15) is 0 Å². The Kier molecular flexibility index (Phi) is 5.04. The van der Waals surface area contributed by atoms with Crippen molar-refractivity contribution < 1.29 is 14.3 Å². The van der Waals surface area contributed by atoms with Gasteiger partial charge in [-0.25, -0.2) is 0 Å². The summed E-state index contributed by atoms with van der Waals surface area (Å²) >= 11 is 6.21. The number of likely N-dealkylation sites (N-methyl/N-ethyl adjacent to an activating group) is 1. The predicted octanol–water partition coefficient (Wildman–Crippen LogP) is 2.53. The number of benzene rings is 1. The van der Waals surface area contributed by atoms with Crippen LogP contribution >= 0.6 is 11.6 Å². The zero-order valence-electron chi connectivity index (χ0n) is 14.5. The Hall–Kier alpha value is -1.30. The first kappa shape index (κ1) is 17.5. The van der Waals surface area contributed by atoms with Crippen LogP contribution in [0.25, 0.3) is 0 Å². The van der Waals surface area contributed by atoms with Gasteiger partial charge < -0.3 is 14.4 Å². The molecule has 0 bridgehead atoms. The fourth-order valence-corrected chi connectivity index (χ4v) is 4.13. The van der Waals surface area contributed by atoms with E-state index in [2.05, 4.69) is 11.9 Å². The lowest BCUT2D eigenvalue weighted by Crippen LogP contribution is -2.72. The molecular weight excluding hydrogens is 328 g/mol. The van der Waals surface area contributed by atoms with E-state index >= 15 is 0 Å². The van der Waals surface area contributed by atoms with E-state index < -0.39 is 0 Å². The van der Waals surface area contributed by atoms with Gasteiger partial charge in [-0.15, -0.1) is 0 Å². The molecule has 0 saturated carbocycles. The first-order valence-corrected chi connectivity index (χ1v) is 8.70. The van der Waals surface area contributed by atoms with Gasteiger partial charge in [0.2, 0.25) is 0 Å². The van der Waals surface area contributed by atoms with Gasteiger partial charge in [0, 0.05) is 26.8 Å². The quantitative estimate of drug-likeness (QED) is 0.835. The molecule has 2 aliphatic rings. The molecule has 1 spiro atoms. The Morgan fingerprint density at radius 2 is 2.12 bits per heavy atom. The van der Waals surface area contributed by atoms with Gasteiger partial charge in [-0.1, -0.05) is 11.6 Å². The van der Waals surface area contributed by atoms with Gasteiger partial charge in [0.15, 0.2) is 0 Å². The molecule has 5 nitrogen and oxygen atoms in total. The molecule has 1 aromatic rings. The SMILES string of the molecule is COC[C@@H]1CCN(C)C2(C1)CN(C(=O)c1cc(OC)ccc1Cl)C2. The maximum absolute atomic E-state index is 12.8. The lowest BCUT2D eigenvalue weighted by molar-refractivity contribution is -0.0731. The smallest absolute Gasteiger partial charge is 0.255 e. The second-order valence-corrected chi connectivity index (χ2v) is 7.37. The van der Waals surface area contributed by atoms with E-state index in [4.69, 9.17) is 21.1 Å². The number of ether oxygens (including phenoxy) is 2. The third-order valence-electron chi connectivity index (χ3n) is 5.42. The van der Waals surface area contributed by atoms with E-state index in [-0.39, 0.29) is 11.4 Å². The van der Waals surface area contributed by atoms with E-state index in [9.17, 15) is 4.79 Å². The number of hydrogen-bond acceptors (Lipinski definition) is 4. The number of rotatable bonds is 4. The summed E-state index contributed by atoms with van der Waals surface area (Å²) in [6, 6.07) is 5.19. The second kappa shape index (κ2) is 6.90. The predicted molar refractivity (Wildman–Crippen MR) is 93.9 cm³/mol. The Labute approximate surface area is 148 Å². The van der Waals surface area contributed by atoms with Crippen LogP contribution in [0, 0.1) is 5.92 Å². The molecule has 0 aromatic heterocycles. The Bertz CT molecular complexity index is 616. The number of methoxy groups -OCH3 is 2. The molecule has 2 aliphatic heterocycles. The van der Waals surface area contributed by atoms with E-state index in [0.29, 0.717) is 22.3 Å². The van der Waals surface area contributed by atoms with Crippen LogP contribution in [-0.4, -0.2) is 68.8 Å². The van der Waals surface area contributed by atoms with Crippen molar-refractivity contribution in [2.45, 2.75) is 18.4 Å². The summed E-state index contributed by atoms with van der Waals surface area (Å²) in [5.74, 6) is 1.20. The van der Waals surface area contributed by atoms with Crippen molar-refractivity contribution >= 4 is 17.5 Å². The number of carbonyl (C=O) groups excluding carboxylic acids is 1. The van der Waals surface area contributed by atoms with Crippen LogP contribution < -0.4 is 4.74 Å². The zero-order chi connectivity index (χ0) is 17.3. The lowest BCUT2D eigenvalue weighted by Gasteiger charge is -2.58. The highest BCUT2D eigenvalue weighted by molar-refractivity contribution is 6.33. The van der Waals surface area contributed by atoms with E-state index in [1.165, 1.54) is 0 Å². The molecule has 2 heterocycles. The topological polar surface area (TPSA) is 42.0 Å². The molecule has 132 valence electrons. The molecule has 0 aliphatic carbocycles. The highest BCUT2D eigenvalue weighted by Crippen LogP contribution is 2.39. The second-order valence-electron chi connectivity index (χ2n) is 6.97. The first-order valence-electron chi connectivity index (χ1n) is 8.32. The van der Waals surface area contributed by atoms with Crippen molar-refractivity contribution in [1.29, 1.82) is 0 Å². The number of likely N-dealkylation sites (tertiary alicyclic amines) is 2. The minimum absolute atomic E-state index is 0.0215.